The molecule has 0 radical (unpaired) electrons. The minimum absolute atomic E-state index is 0.158. The largest absolute Gasteiger partial charge is 0.508 e. The summed E-state index contributed by atoms with van der Waals surface area (Å²) in [4.78, 5) is 47.3. The van der Waals surface area contributed by atoms with Crippen LogP contribution in [-0.2, 0) is 20.8 Å². The molecule has 0 fully saturated rings. The number of unbranched alkanes of at least 4 members (excludes halogenated alkanes) is 5. The number of rotatable bonds is 17. The van der Waals surface area contributed by atoms with E-state index in [4.69, 9.17) is 25.5 Å². The Hall–Kier alpha value is -4.45. The number of pyridine rings is 1. The van der Waals surface area contributed by atoms with Crippen molar-refractivity contribution >= 4 is 23.8 Å². The Morgan fingerprint density at radius 3 is 1.73 bits per heavy atom. The Morgan fingerprint density at radius 1 is 0.750 bits per heavy atom. The monoisotopic (exact) mass is 697 g/mol. The van der Waals surface area contributed by atoms with Crippen molar-refractivity contribution < 1.29 is 60.8 Å². The molecule has 0 aliphatic carbocycles. The number of phenols is 1. The molecule has 48 heavy (non-hydrogen) atoms. The number of nitrogens with one attached hydrogen (secondary N) is 3. The van der Waals surface area contributed by atoms with Gasteiger partial charge in [-0.3, -0.25) is 14.6 Å². The van der Waals surface area contributed by atoms with E-state index in [0.717, 1.165) is 50.9 Å². The normalized spacial score (nSPS) is 11.6. The standard InChI is InChI=1S/C26H39N5O3.2C2HF3O2/c27-15-9-17-28-16-6-3-1-2-4-7-19-30-25(33)24(20-21-11-13-22(32)14-12-21)31-26(34)23-10-5-8-18-29-23;2*3-2(4,5)1(6)7/h5,8,10-14,18,24,28,32H,1-4,6-7,9,15-17,19-20,27H2,(H,30,33)(H,31,34);2*(H,6,7)/t24-;;/m0../s1. The van der Waals surface area contributed by atoms with Gasteiger partial charge in [-0.2, -0.15) is 26.3 Å². The van der Waals surface area contributed by atoms with Crippen molar-refractivity contribution in [2.45, 2.75) is 69.8 Å². The highest BCUT2D eigenvalue weighted by Crippen LogP contribution is 2.14. The average molecular weight is 698 g/mol. The molecule has 1 aromatic carbocycles. The van der Waals surface area contributed by atoms with Crippen LogP contribution in [0.2, 0.25) is 0 Å². The molecular weight excluding hydrogens is 656 g/mol. The number of carbonyl (C=O) groups excluding carboxylic acids is 2. The van der Waals surface area contributed by atoms with Crippen molar-refractivity contribution in [1.82, 2.24) is 20.9 Å². The molecule has 0 bridgehead atoms. The summed E-state index contributed by atoms with van der Waals surface area (Å²) in [6, 6.07) is 11.0. The molecule has 18 heteroatoms. The van der Waals surface area contributed by atoms with Gasteiger partial charge in [0.1, 0.15) is 17.5 Å². The molecular formula is C30H41F6N5O7. The summed E-state index contributed by atoms with van der Waals surface area (Å²) in [6.07, 6.45) is -0.597. The van der Waals surface area contributed by atoms with Crippen LogP contribution in [0.5, 0.6) is 5.75 Å². The fourth-order valence-corrected chi connectivity index (χ4v) is 3.58. The van der Waals surface area contributed by atoms with Crippen LogP contribution < -0.4 is 21.7 Å². The van der Waals surface area contributed by atoms with Crippen molar-refractivity contribution in [2.24, 2.45) is 5.73 Å². The third kappa shape index (κ3) is 22.1. The van der Waals surface area contributed by atoms with E-state index in [1.807, 2.05) is 0 Å². The molecule has 12 nitrogen and oxygen atoms in total. The average Bonchev–Trinajstić information content (AvgIpc) is 3.02. The second kappa shape index (κ2) is 23.8. The maximum atomic E-state index is 12.9. The number of amides is 2. The van der Waals surface area contributed by atoms with Crippen LogP contribution >= 0.6 is 0 Å². The summed E-state index contributed by atoms with van der Waals surface area (Å²) in [5.41, 5.74) is 6.58. The first-order valence-electron chi connectivity index (χ1n) is 14.8. The molecule has 1 aromatic heterocycles. The van der Waals surface area contributed by atoms with E-state index in [9.17, 15) is 41.0 Å². The van der Waals surface area contributed by atoms with Crippen LogP contribution in [0, 0.1) is 0 Å². The zero-order chi connectivity index (χ0) is 36.6. The molecule has 0 spiro atoms. The van der Waals surface area contributed by atoms with Gasteiger partial charge in [0.2, 0.25) is 5.91 Å². The third-order valence-corrected chi connectivity index (χ3v) is 6.02. The number of aliphatic carboxylic acids is 2. The number of aromatic hydroxyl groups is 1. The van der Waals surface area contributed by atoms with Crippen LogP contribution in [0.3, 0.4) is 0 Å². The Labute approximate surface area is 273 Å². The number of hydrogen-bond donors (Lipinski definition) is 7. The molecule has 270 valence electrons. The lowest BCUT2D eigenvalue weighted by molar-refractivity contribution is -0.193. The molecule has 2 amide bonds. The summed E-state index contributed by atoms with van der Waals surface area (Å²) < 4.78 is 63.5. The van der Waals surface area contributed by atoms with Gasteiger partial charge in [0.05, 0.1) is 0 Å². The SMILES string of the molecule is NCCCNCCCCCCCCNC(=O)[C@H](Cc1ccc(O)cc1)NC(=O)c1ccccn1.O=C(O)C(F)(F)F.O=C(O)C(F)(F)F. The minimum Gasteiger partial charge on any atom is -0.508 e. The van der Waals surface area contributed by atoms with Crippen LogP contribution in [0.25, 0.3) is 0 Å². The highest BCUT2D eigenvalue weighted by molar-refractivity contribution is 5.96. The molecule has 2 rings (SSSR count). The van der Waals surface area contributed by atoms with Gasteiger partial charge in [-0.25, -0.2) is 9.59 Å². The van der Waals surface area contributed by atoms with E-state index >= 15 is 0 Å². The van der Waals surface area contributed by atoms with Crippen molar-refractivity contribution in [3.05, 3.63) is 59.9 Å². The maximum Gasteiger partial charge on any atom is 0.490 e. The van der Waals surface area contributed by atoms with Gasteiger partial charge in [0.25, 0.3) is 5.91 Å². The number of alkyl halides is 6. The van der Waals surface area contributed by atoms with Crippen LogP contribution in [0.15, 0.2) is 48.7 Å². The number of carboxylic acids is 2. The molecule has 0 saturated heterocycles. The number of benzene rings is 1. The number of carboxylic acid groups (broad SMARTS) is 2. The van der Waals surface area contributed by atoms with E-state index in [1.165, 1.54) is 19.3 Å². The molecule has 0 unspecified atom stereocenters. The fourth-order valence-electron chi connectivity index (χ4n) is 3.58. The number of hydrogen-bond acceptors (Lipinski definition) is 8. The van der Waals surface area contributed by atoms with Crippen LogP contribution in [0.1, 0.15) is 61.0 Å². The Bertz CT molecular complexity index is 1190. The molecule has 0 saturated carbocycles. The molecule has 1 atom stereocenters. The predicted octanol–water partition coefficient (Wildman–Crippen LogP) is 3.79. The zero-order valence-corrected chi connectivity index (χ0v) is 25.9. The maximum absolute atomic E-state index is 12.9. The molecule has 2 aromatic rings. The summed E-state index contributed by atoms with van der Waals surface area (Å²) in [5.74, 6) is -5.97. The first-order valence-corrected chi connectivity index (χ1v) is 14.8. The Morgan fingerprint density at radius 2 is 1.25 bits per heavy atom. The van der Waals surface area contributed by atoms with E-state index in [1.54, 1.807) is 48.7 Å². The lowest BCUT2D eigenvalue weighted by Gasteiger charge is -2.18. The predicted molar refractivity (Wildman–Crippen MR) is 162 cm³/mol. The first kappa shape index (κ1) is 43.5. The molecule has 0 aliphatic rings. The summed E-state index contributed by atoms with van der Waals surface area (Å²) in [6.45, 7) is 3.34. The van der Waals surface area contributed by atoms with Crippen molar-refractivity contribution in [2.75, 3.05) is 26.2 Å². The summed E-state index contributed by atoms with van der Waals surface area (Å²) in [5, 5.41) is 32.9. The number of carbonyl (C=O) groups is 4. The molecule has 8 N–H and O–H groups in total. The number of phenolic OH excluding ortho intramolecular Hbond substituents is 1. The van der Waals surface area contributed by atoms with E-state index in [0.29, 0.717) is 13.0 Å². The van der Waals surface area contributed by atoms with Gasteiger partial charge < -0.3 is 37.0 Å². The summed E-state index contributed by atoms with van der Waals surface area (Å²) >= 11 is 0. The first-order chi connectivity index (χ1) is 22.5. The minimum atomic E-state index is -5.08. The van der Waals surface area contributed by atoms with Gasteiger partial charge in [-0.1, -0.05) is 43.9 Å². The lowest BCUT2D eigenvalue weighted by Crippen LogP contribution is -2.48. The fraction of sp³-hybridized carbons (Fsp3) is 0.500. The number of halogens is 6. The van der Waals surface area contributed by atoms with Gasteiger partial charge >= 0.3 is 24.3 Å². The van der Waals surface area contributed by atoms with E-state index < -0.39 is 36.2 Å². The second-order valence-electron chi connectivity index (χ2n) is 10.0. The van der Waals surface area contributed by atoms with Crippen molar-refractivity contribution in [3.63, 3.8) is 0 Å². The van der Waals surface area contributed by atoms with Gasteiger partial charge in [0.15, 0.2) is 0 Å². The van der Waals surface area contributed by atoms with Gasteiger partial charge in [-0.15, -0.1) is 0 Å². The topological polar surface area (TPSA) is 204 Å². The molecule has 0 aliphatic heterocycles. The Kier molecular flexibility index (Phi) is 21.6. The number of aromatic nitrogens is 1. The second-order valence-corrected chi connectivity index (χ2v) is 10.0. The zero-order valence-electron chi connectivity index (χ0n) is 25.9. The van der Waals surface area contributed by atoms with E-state index in [-0.39, 0.29) is 17.4 Å². The number of nitrogens with zero attached hydrogens (tertiary/aromatic N) is 1. The van der Waals surface area contributed by atoms with Crippen LogP contribution in [-0.4, -0.2) is 88.6 Å². The van der Waals surface area contributed by atoms with Crippen LogP contribution in [0.4, 0.5) is 26.3 Å². The van der Waals surface area contributed by atoms with Crippen molar-refractivity contribution in [1.29, 1.82) is 0 Å². The number of nitrogens with two attached hydrogens (primary N) is 1. The Balaban J connectivity index is 0.00000131. The quantitative estimate of drug-likeness (QED) is 0.0941. The smallest absolute Gasteiger partial charge is 0.490 e. The lowest BCUT2D eigenvalue weighted by atomic mass is 10.0. The molecule has 1 heterocycles. The highest BCUT2D eigenvalue weighted by Gasteiger charge is 2.38. The van der Waals surface area contributed by atoms with E-state index in [2.05, 4.69) is 20.9 Å². The highest BCUT2D eigenvalue weighted by atomic mass is 19.4. The van der Waals surface area contributed by atoms with Gasteiger partial charge in [-0.05, 0) is 68.7 Å². The van der Waals surface area contributed by atoms with Gasteiger partial charge in [0, 0.05) is 19.2 Å². The summed E-state index contributed by atoms with van der Waals surface area (Å²) in [7, 11) is 0. The van der Waals surface area contributed by atoms with Crippen molar-refractivity contribution in [3.8, 4) is 5.75 Å². The third-order valence-electron chi connectivity index (χ3n) is 6.02.